The molecule has 0 fully saturated rings. The molecule has 0 amide bonds. The molecule has 0 aliphatic heterocycles. The van der Waals surface area contributed by atoms with E-state index in [-0.39, 0.29) is 5.78 Å². The molecule has 0 heterocycles. The highest BCUT2D eigenvalue weighted by Crippen LogP contribution is 1.83. The van der Waals surface area contributed by atoms with Gasteiger partial charge in [0.15, 0.2) is 0 Å². The number of ether oxygens (including phenoxy) is 1. The largest absolute Gasteiger partial charge is 0.388 e. The van der Waals surface area contributed by atoms with Crippen LogP contribution >= 0.6 is 0 Å². The number of ketones is 1. The van der Waals surface area contributed by atoms with Crippen LogP contribution in [0, 0.1) is 0 Å². The molecule has 0 saturated carbocycles. The van der Waals surface area contributed by atoms with Gasteiger partial charge in [-0.1, -0.05) is 366 Å². The molecular weight excluding hydrogens is 877 g/mol. The van der Waals surface area contributed by atoms with Gasteiger partial charge in [-0.2, -0.15) is 0 Å². The van der Waals surface area contributed by atoms with E-state index in [0.717, 1.165) is 12.5 Å². The molecule has 0 aliphatic carbocycles. The Balaban J connectivity index is -0.0000000597. The van der Waals surface area contributed by atoms with Gasteiger partial charge in [-0.15, -0.1) is 0 Å². The van der Waals surface area contributed by atoms with Crippen molar-refractivity contribution in [1.29, 1.82) is 0 Å². The van der Waals surface area contributed by atoms with E-state index in [9.17, 15) is 13.2 Å². The summed E-state index contributed by atoms with van der Waals surface area (Å²) in [6.45, 7) is 35.1. The summed E-state index contributed by atoms with van der Waals surface area (Å²) in [4.78, 5) is 9.44. The maximum absolute atomic E-state index is 9.63. The number of carbonyl (C=O) groups is 1. The third-order valence-corrected chi connectivity index (χ3v) is 4.67. The standard InChI is InChI=1S/7C6H6.C3H6O.C2H6O2S.C2H6O.8C2H6/c7*1-2-4-6-5-3-1;1-3(2)4;1-5(2,3)4;1-3-2;8*1-2/h7*1-6H;1-2H3;1-2H3;1-2H3;8*1-2H3. The van der Waals surface area contributed by atoms with E-state index >= 15 is 0 Å². The van der Waals surface area contributed by atoms with E-state index in [1.807, 2.05) is 366 Å². The number of methoxy groups -OCH3 is 1. The summed E-state index contributed by atoms with van der Waals surface area (Å²) in [6.07, 6.45) is 2.32. The zero-order valence-corrected chi connectivity index (χ0v) is 49.6. The highest BCUT2D eigenvalue weighted by molar-refractivity contribution is 7.89. The van der Waals surface area contributed by atoms with E-state index in [2.05, 4.69) is 4.74 Å². The van der Waals surface area contributed by atoms with Crippen molar-refractivity contribution in [2.75, 3.05) is 26.7 Å². The van der Waals surface area contributed by atoms with Crippen LogP contribution in [0.1, 0.15) is 125 Å². The van der Waals surface area contributed by atoms with Crippen molar-refractivity contribution in [3.63, 3.8) is 0 Å². The van der Waals surface area contributed by atoms with Crippen LogP contribution in [0.4, 0.5) is 0 Å². The average Bonchev–Trinajstić information content (AvgIpc) is 3.47. The number of rotatable bonds is 0. The Bertz CT molecular complexity index is 1170. The Morgan fingerprint density at radius 1 is 0.229 bits per heavy atom. The third kappa shape index (κ3) is 178. The van der Waals surface area contributed by atoms with Crippen molar-refractivity contribution >= 4 is 15.6 Å². The Kier molecular flexibility index (Phi) is 148. The third-order valence-electron chi connectivity index (χ3n) is 4.67. The Morgan fingerprint density at radius 3 is 0.257 bits per heavy atom. The van der Waals surface area contributed by atoms with Crippen molar-refractivity contribution in [3.8, 4) is 0 Å². The summed E-state index contributed by atoms with van der Waals surface area (Å²) in [5.41, 5.74) is 0. The quantitative estimate of drug-likeness (QED) is 0.152. The van der Waals surface area contributed by atoms with Crippen molar-refractivity contribution in [1.82, 2.24) is 0 Å². The van der Waals surface area contributed by atoms with Crippen LogP contribution in [0.15, 0.2) is 255 Å². The molecule has 0 radical (unpaired) electrons. The summed E-state index contributed by atoms with van der Waals surface area (Å²) >= 11 is 0. The molecule has 0 unspecified atom stereocenters. The predicted octanol–water partition coefficient (Wildman–Crippen LogP) is 20.5. The highest BCUT2D eigenvalue weighted by Gasteiger charge is 1.79. The van der Waals surface area contributed by atoms with Crippen LogP contribution in [0.25, 0.3) is 0 Å². The monoisotopic (exact) mass is 985 g/mol. The Labute approximate surface area is 437 Å². The van der Waals surface area contributed by atoms with Gasteiger partial charge in [-0.3, -0.25) is 0 Å². The Morgan fingerprint density at radius 2 is 0.243 bits per heavy atom. The topological polar surface area (TPSA) is 60.4 Å². The minimum atomic E-state index is -2.67. The molecule has 0 N–H and O–H groups in total. The smallest absolute Gasteiger partial charge is 0.144 e. The lowest BCUT2D eigenvalue weighted by Gasteiger charge is -1.69. The summed E-state index contributed by atoms with van der Waals surface area (Å²) in [5.74, 6) is 0.167. The second-order valence-corrected chi connectivity index (χ2v) is 12.8. The van der Waals surface area contributed by atoms with Gasteiger partial charge in [-0.05, 0) is 13.8 Å². The highest BCUT2D eigenvalue weighted by atomic mass is 32.2. The van der Waals surface area contributed by atoms with Crippen LogP contribution in [0.2, 0.25) is 0 Å². The molecule has 4 nitrogen and oxygen atoms in total. The predicted molar refractivity (Wildman–Crippen MR) is 326 cm³/mol. The van der Waals surface area contributed by atoms with E-state index in [0.29, 0.717) is 0 Å². The molecule has 0 bridgehead atoms. The first-order valence-corrected chi connectivity index (χ1v) is 27.5. The van der Waals surface area contributed by atoms with Gasteiger partial charge in [0, 0.05) is 26.7 Å². The zero-order chi connectivity index (χ0) is 56.5. The fraction of sp³-hybridized carbons (Fsp3) is 0.338. The fourth-order valence-electron chi connectivity index (χ4n) is 2.69. The maximum Gasteiger partial charge on any atom is 0.144 e. The zero-order valence-electron chi connectivity index (χ0n) is 48.8. The van der Waals surface area contributed by atoms with Crippen molar-refractivity contribution in [3.05, 3.63) is 255 Å². The Hall–Kier alpha value is -5.88. The van der Waals surface area contributed by atoms with Crippen molar-refractivity contribution < 1.29 is 17.9 Å². The number of sulfone groups is 1. The first kappa shape index (κ1) is 90.5. The van der Waals surface area contributed by atoms with E-state index in [1.54, 1.807) is 14.2 Å². The van der Waals surface area contributed by atoms with Crippen LogP contribution in [-0.2, 0) is 19.4 Å². The van der Waals surface area contributed by atoms with Gasteiger partial charge in [0.05, 0.1) is 0 Å². The van der Waals surface area contributed by atoms with Crippen LogP contribution in [0.5, 0.6) is 0 Å². The van der Waals surface area contributed by atoms with Crippen LogP contribution in [-0.4, -0.2) is 40.9 Å². The second-order valence-electron chi connectivity index (χ2n) is 10.5. The molecule has 7 aromatic rings. The van der Waals surface area contributed by atoms with E-state index in [4.69, 9.17) is 0 Å². The van der Waals surface area contributed by atoms with Gasteiger partial charge in [0.25, 0.3) is 0 Å². The summed E-state index contributed by atoms with van der Waals surface area (Å²) in [7, 11) is 0.583. The summed E-state index contributed by atoms with van der Waals surface area (Å²) in [6, 6.07) is 84.0. The number of hydrogen-bond donors (Lipinski definition) is 0. The van der Waals surface area contributed by atoms with Crippen LogP contribution in [0.3, 0.4) is 0 Å². The van der Waals surface area contributed by atoms with Crippen molar-refractivity contribution in [2.24, 2.45) is 0 Å². The lowest BCUT2D eigenvalue weighted by Crippen LogP contribution is -1.86. The molecule has 0 aromatic heterocycles. The van der Waals surface area contributed by atoms with Gasteiger partial charge in [0.2, 0.25) is 0 Å². The van der Waals surface area contributed by atoms with Gasteiger partial charge in [-0.25, -0.2) is 8.42 Å². The molecular formula is C65H108O4S. The molecule has 398 valence electrons. The molecule has 5 heteroatoms. The SMILES string of the molecule is CC.CC.CC.CC.CC.CC.CC.CC.CC(C)=O.COC.CS(C)(=O)=O.c1ccccc1.c1ccccc1.c1ccccc1.c1ccccc1.c1ccccc1.c1ccccc1.c1ccccc1. The maximum atomic E-state index is 9.63. The molecule has 0 saturated heterocycles. The minimum Gasteiger partial charge on any atom is -0.388 e. The van der Waals surface area contributed by atoms with Crippen LogP contribution < -0.4 is 0 Å². The lowest BCUT2D eigenvalue weighted by atomic mass is 10.4. The second kappa shape index (κ2) is 115. The first-order valence-electron chi connectivity index (χ1n) is 25.2. The molecule has 0 atom stereocenters. The summed E-state index contributed by atoms with van der Waals surface area (Å²) in [5, 5.41) is 0. The molecule has 0 spiro atoms. The fourth-order valence-corrected chi connectivity index (χ4v) is 2.69. The summed E-state index contributed by atoms with van der Waals surface area (Å²) < 4.78 is 23.5. The average molecular weight is 986 g/mol. The van der Waals surface area contributed by atoms with Gasteiger partial charge in [0.1, 0.15) is 15.6 Å². The molecule has 0 aliphatic rings. The molecule has 7 aromatic carbocycles. The molecule has 70 heavy (non-hydrogen) atoms. The number of hydrogen-bond acceptors (Lipinski definition) is 4. The number of benzene rings is 7. The van der Waals surface area contributed by atoms with E-state index < -0.39 is 9.84 Å². The van der Waals surface area contributed by atoms with Gasteiger partial charge >= 0.3 is 0 Å². The first-order chi connectivity index (χ1) is 34.1. The normalized spacial score (nSPS) is 6.94. The van der Waals surface area contributed by atoms with E-state index in [1.165, 1.54) is 13.8 Å². The van der Waals surface area contributed by atoms with Crippen molar-refractivity contribution in [2.45, 2.75) is 125 Å². The lowest BCUT2D eigenvalue weighted by molar-refractivity contribution is -0.115. The molecule has 7 rings (SSSR count). The van der Waals surface area contributed by atoms with Gasteiger partial charge < -0.3 is 9.53 Å². The number of Topliss-reactive ketones (excluding diaryl/α,β-unsaturated/α-hetero) is 1. The number of carbonyl (C=O) groups excluding carboxylic acids is 1. The minimum absolute atomic E-state index is 0.167.